The van der Waals surface area contributed by atoms with Crippen LogP contribution >= 0.6 is 11.8 Å². The molecule has 1 N–H and O–H groups in total. The molecule has 2 atom stereocenters. The first-order chi connectivity index (χ1) is 8.99. The Morgan fingerprint density at radius 3 is 2.63 bits per heavy atom. The lowest BCUT2D eigenvalue weighted by Crippen LogP contribution is -2.43. The Bertz CT molecular complexity index is 426. The lowest BCUT2D eigenvalue weighted by atomic mass is 9.98. The quantitative estimate of drug-likeness (QED) is 0.614. The molecule has 1 aromatic rings. The zero-order chi connectivity index (χ0) is 14.3. The maximum Gasteiger partial charge on any atom is 0.187 e. The first-order valence-corrected chi connectivity index (χ1v) is 7.48. The molecule has 0 aromatic carbocycles. The van der Waals surface area contributed by atoms with Gasteiger partial charge in [0.1, 0.15) is 5.54 Å². The van der Waals surface area contributed by atoms with Crippen LogP contribution in [0.15, 0.2) is 17.6 Å². The molecule has 0 spiro atoms. The highest BCUT2D eigenvalue weighted by Crippen LogP contribution is 2.26. The van der Waals surface area contributed by atoms with E-state index in [1.54, 1.807) is 11.8 Å². The Morgan fingerprint density at radius 2 is 2.11 bits per heavy atom. The maximum atomic E-state index is 9.31. The van der Waals surface area contributed by atoms with Gasteiger partial charge < -0.3 is 0 Å². The largest absolute Gasteiger partial charge is 0.300 e. The van der Waals surface area contributed by atoms with Crippen LogP contribution in [-0.2, 0) is 0 Å². The zero-order valence-electron chi connectivity index (χ0n) is 12.1. The highest BCUT2D eigenvalue weighted by molar-refractivity contribution is 7.99. The molecule has 104 valence electrons. The molecule has 1 rings (SSSR count). The Hall–Kier alpha value is -1.12. The minimum atomic E-state index is -0.479. The van der Waals surface area contributed by atoms with E-state index in [2.05, 4.69) is 35.2 Å². The van der Waals surface area contributed by atoms with Crippen molar-refractivity contribution < 1.29 is 0 Å². The van der Waals surface area contributed by atoms with Crippen LogP contribution in [0.5, 0.6) is 0 Å². The number of nitrogens with zero attached hydrogens (tertiary/aromatic N) is 3. The number of nitrogens with one attached hydrogen (secondary N) is 1. The Kier molecular flexibility index (Phi) is 6.26. The van der Waals surface area contributed by atoms with Crippen molar-refractivity contribution in [2.75, 3.05) is 6.54 Å². The van der Waals surface area contributed by atoms with E-state index < -0.39 is 5.54 Å². The molecule has 0 aliphatic rings. The lowest BCUT2D eigenvalue weighted by Gasteiger charge is -2.25. The average molecular weight is 278 g/mol. The molecule has 1 aromatic heterocycles. The summed E-state index contributed by atoms with van der Waals surface area (Å²) in [6, 6.07) is 2.37. The van der Waals surface area contributed by atoms with E-state index in [1.807, 2.05) is 26.2 Å². The number of aromatic nitrogens is 2. The monoisotopic (exact) mass is 278 g/mol. The smallest absolute Gasteiger partial charge is 0.187 e. The number of rotatable bonds is 7. The molecule has 0 saturated heterocycles. The fourth-order valence-corrected chi connectivity index (χ4v) is 2.80. The van der Waals surface area contributed by atoms with Crippen LogP contribution in [-0.4, -0.2) is 27.3 Å². The third-order valence-electron chi connectivity index (χ3n) is 2.77. The van der Waals surface area contributed by atoms with Gasteiger partial charge in [0, 0.05) is 17.6 Å². The van der Waals surface area contributed by atoms with Crippen molar-refractivity contribution in [3.8, 4) is 6.07 Å². The SMILES string of the molecule is CCCNC(C)(C#N)CC(C)Sc1ncc(C)cn1. The van der Waals surface area contributed by atoms with Crippen molar-refractivity contribution in [3.05, 3.63) is 18.0 Å². The summed E-state index contributed by atoms with van der Waals surface area (Å²) in [5, 5.41) is 13.7. The van der Waals surface area contributed by atoms with Crippen molar-refractivity contribution in [2.24, 2.45) is 0 Å². The van der Waals surface area contributed by atoms with Gasteiger partial charge in [-0.1, -0.05) is 25.6 Å². The van der Waals surface area contributed by atoms with E-state index in [-0.39, 0.29) is 5.25 Å². The van der Waals surface area contributed by atoms with Crippen LogP contribution in [0.4, 0.5) is 0 Å². The van der Waals surface area contributed by atoms with Gasteiger partial charge in [-0.2, -0.15) is 5.26 Å². The van der Waals surface area contributed by atoms with Crippen LogP contribution in [0.25, 0.3) is 0 Å². The van der Waals surface area contributed by atoms with Gasteiger partial charge in [0.05, 0.1) is 6.07 Å². The Balaban J connectivity index is 2.56. The first-order valence-electron chi connectivity index (χ1n) is 6.60. The second-order valence-electron chi connectivity index (χ2n) is 5.05. The van der Waals surface area contributed by atoms with Crippen molar-refractivity contribution in [1.82, 2.24) is 15.3 Å². The number of aryl methyl sites for hydroxylation is 1. The highest BCUT2D eigenvalue weighted by atomic mass is 32.2. The number of nitriles is 1. The van der Waals surface area contributed by atoms with Gasteiger partial charge in [0.2, 0.25) is 0 Å². The summed E-state index contributed by atoms with van der Waals surface area (Å²) in [6.45, 7) is 9.00. The fourth-order valence-electron chi connectivity index (χ4n) is 1.80. The maximum absolute atomic E-state index is 9.31. The summed E-state index contributed by atoms with van der Waals surface area (Å²) >= 11 is 1.61. The topological polar surface area (TPSA) is 61.6 Å². The summed E-state index contributed by atoms with van der Waals surface area (Å²) in [7, 11) is 0. The predicted octanol–water partition coefficient (Wildman–Crippen LogP) is 2.94. The van der Waals surface area contributed by atoms with E-state index in [1.165, 1.54) is 0 Å². The van der Waals surface area contributed by atoms with E-state index in [0.717, 1.165) is 30.1 Å². The molecule has 1 heterocycles. The van der Waals surface area contributed by atoms with Crippen molar-refractivity contribution in [2.45, 2.75) is 56.5 Å². The zero-order valence-corrected chi connectivity index (χ0v) is 12.9. The van der Waals surface area contributed by atoms with Crippen LogP contribution in [0, 0.1) is 18.3 Å². The third kappa shape index (κ3) is 5.58. The second-order valence-corrected chi connectivity index (χ2v) is 6.45. The van der Waals surface area contributed by atoms with Gasteiger partial charge in [-0.25, -0.2) is 9.97 Å². The van der Waals surface area contributed by atoms with Gasteiger partial charge in [-0.05, 0) is 38.8 Å². The Labute approximate surface area is 120 Å². The molecule has 0 aliphatic heterocycles. The minimum absolute atomic E-state index is 0.289. The fraction of sp³-hybridized carbons (Fsp3) is 0.643. The third-order valence-corrected chi connectivity index (χ3v) is 3.76. The minimum Gasteiger partial charge on any atom is -0.300 e. The van der Waals surface area contributed by atoms with E-state index in [9.17, 15) is 5.26 Å². The van der Waals surface area contributed by atoms with E-state index >= 15 is 0 Å². The molecule has 0 radical (unpaired) electrons. The van der Waals surface area contributed by atoms with Crippen LogP contribution in [0.2, 0.25) is 0 Å². The molecule has 0 bridgehead atoms. The van der Waals surface area contributed by atoms with Gasteiger partial charge in [-0.3, -0.25) is 5.32 Å². The van der Waals surface area contributed by atoms with E-state index in [4.69, 9.17) is 0 Å². The van der Waals surface area contributed by atoms with Crippen LogP contribution < -0.4 is 5.32 Å². The Morgan fingerprint density at radius 1 is 1.47 bits per heavy atom. The van der Waals surface area contributed by atoms with Crippen molar-refractivity contribution >= 4 is 11.8 Å². The first kappa shape index (κ1) is 15.9. The molecule has 4 nitrogen and oxygen atoms in total. The summed E-state index contributed by atoms with van der Waals surface area (Å²) in [4.78, 5) is 8.57. The normalized spacial score (nSPS) is 15.5. The molecule has 5 heteroatoms. The molecule has 2 unspecified atom stereocenters. The summed E-state index contributed by atoms with van der Waals surface area (Å²) in [5.41, 5.74) is 0.580. The summed E-state index contributed by atoms with van der Waals surface area (Å²) in [5.74, 6) is 0. The second kappa shape index (κ2) is 7.46. The van der Waals surface area contributed by atoms with Crippen LogP contribution in [0.1, 0.15) is 39.2 Å². The van der Waals surface area contributed by atoms with Gasteiger partial charge in [-0.15, -0.1) is 0 Å². The highest BCUT2D eigenvalue weighted by Gasteiger charge is 2.26. The molecule has 0 amide bonds. The number of hydrogen-bond donors (Lipinski definition) is 1. The van der Waals surface area contributed by atoms with Crippen molar-refractivity contribution in [3.63, 3.8) is 0 Å². The summed E-state index contributed by atoms with van der Waals surface area (Å²) < 4.78 is 0. The van der Waals surface area contributed by atoms with Gasteiger partial charge >= 0.3 is 0 Å². The van der Waals surface area contributed by atoms with Crippen molar-refractivity contribution in [1.29, 1.82) is 5.26 Å². The van der Waals surface area contributed by atoms with Gasteiger partial charge in [0.25, 0.3) is 0 Å². The molecule has 0 aliphatic carbocycles. The lowest BCUT2D eigenvalue weighted by molar-refractivity contribution is 0.418. The van der Waals surface area contributed by atoms with E-state index in [0.29, 0.717) is 0 Å². The summed E-state index contributed by atoms with van der Waals surface area (Å²) in [6.07, 6.45) is 5.44. The molecular formula is C14H22N4S. The predicted molar refractivity (Wildman–Crippen MR) is 79.0 cm³/mol. The van der Waals surface area contributed by atoms with Crippen LogP contribution in [0.3, 0.4) is 0 Å². The molecule has 0 fully saturated rings. The number of thioether (sulfide) groups is 1. The van der Waals surface area contributed by atoms with Gasteiger partial charge in [0.15, 0.2) is 5.16 Å². The molecule has 0 saturated carbocycles. The molecular weight excluding hydrogens is 256 g/mol. The number of hydrogen-bond acceptors (Lipinski definition) is 5. The molecule has 19 heavy (non-hydrogen) atoms. The average Bonchev–Trinajstić information content (AvgIpc) is 2.39. The standard InChI is InChI=1S/C14H22N4S/c1-5-6-18-14(4,10-15)7-12(3)19-13-16-8-11(2)9-17-13/h8-9,12,18H,5-7H2,1-4H3.